The first kappa shape index (κ1) is 21.2. The van der Waals surface area contributed by atoms with Crippen molar-refractivity contribution in [3.8, 4) is 0 Å². The molecule has 2 fully saturated rings. The van der Waals surface area contributed by atoms with Gasteiger partial charge in [0.1, 0.15) is 0 Å². The van der Waals surface area contributed by atoms with Crippen molar-refractivity contribution >= 4 is 26.0 Å². The van der Waals surface area contributed by atoms with Gasteiger partial charge in [0.2, 0.25) is 26.0 Å². The Labute approximate surface area is 167 Å². The summed E-state index contributed by atoms with van der Waals surface area (Å²) in [5.74, 6) is -0.440. The number of carbonyl (C=O) groups excluding carboxylic acids is 1. The van der Waals surface area contributed by atoms with Gasteiger partial charge in [-0.3, -0.25) is 4.79 Å². The SMILES string of the molecule is Cc1ccc(S(=O)(=O)N2CCN(C(=O)C3CCCN(S(C)(=O)=O)C3)CC2)cc1. The fraction of sp³-hybridized carbons (Fsp3) is 0.611. The average molecular weight is 430 g/mol. The molecule has 3 rings (SSSR count). The van der Waals surface area contributed by atoms with Gasteiger partial charge in [-0.05, 0) is 31.9 Å². The van der Waals surface area contributed by atoms with Gasteiger partial charge in [-0.2, -0.15) is 4.31 Å². The first-order valence-corrected chi connectivity index (χ1v) is 12.7. The molecule has 0 spiro atoms. The number of piperazine rings is 1. The van der Waals surface area contributed by atoms with Crippen LogP contribution in [0.1, 0.15) is 18.4 Å². The summed E-state index contributed by atoms with van der Waals surface area (Å²) in [5, 5.41) is 0. The van der Waals surface area contributed by atoms with Crippen molar-refractivity contribution in [2.24, 2.45) is 5.92 Å². The largest absolute Gasteiger partial charge is 0.340 e. The Kier molecular flexibility index (Phi) is 6.14. The first-order valence-electron chi connectivity index (χ1n) is 9.40. The van der Waals surface area contributed by atoms with Gasteiger partial charge in [-0.15, -0.1) is 0 Å². The fourth-order valence-electron chi connectivity index (χ4n) is 3.71. The van der Waals surface area contributed by atoms with E-state index in [0.29, 0.717) is 32.5 Å². The van der Waals surface area contributed by atoms with E-state index >= 15 is 0 Å². The molecule has 0 saturated carbocycles. The molecule has 0 bridgehead atoms. The fourth-order valence-corrected chi connectivity index (χ4v) is 6.05. The van der Waals surface area contributed by atoms with E-state index in [9.17, 15) is 21.6 Å². The molecule has 2 aliphatic rings. The molecule has 0 N–H and O–H groups in total. The van der Waals surface area contributed by atoms with Crippen molar-refractivity contribution < 1.29 is 21.6 Å². The van der Waals surface area contributed by atoms with E-state index in [-0.39, 0.29) is 36.4 Å². The average Bonchev–Trinajstić information content (AvgIpc) is 2.67. The second-order valence-corrected chi connectivity index (χ2v) is 11.4. The lowest BCUT2D eigenvalue weighted by molar-refractivity contribution is -0.137. The van der Waals surface area contributed by atoms with Gasteiger partial charge in [0, 0.05) is 39.3 Å². The van der Waals surface area contributed by atoms with Crippen LogP contribution in [0.2, 0.25) is 0 Å². The zero-order valence-electron chi connectivity index (χ0n) is 16.2. The monoisotopic (exact) mass is 429 g/mol. The molecule has 2 heterocycles. The zero-order chi connectivity index (χ0) is 20.5. The van der Waals surface area contributed by atoms with Crippen LogP contribution < -0.4 is 0 Å². The number of carbonyl (C=O) groups is 1. The highest BCUT2D eigenvalue weighted by Crippen LogP contribution is 2.23. The molecule has 0 radical (unpaired) electrons. The molecule has 1 aromatic carbocycles. The maximum Gasteiger partial charge on any atom is 0.243 e. The van der Waals surface area contributed by atoms with E-state index in [2.05, 4.69) is 0 Å². The number of rotatable bonds is 4. The van der Waals surface area contributed by atoms with Crippen molar-refractivity contribution in [2.45, 2.75) is 24.7 Å². The second kappa shape index (κ2) is 8.10. The topological polar surface area (TPSA) is 95.1 Å². The van der Waals surface area contributed by atoms with Crippen molar-refractivity contribution in [2.75, 3.05) is 45.5 Å². The van der Waals surface area contributed by atoms with E-state index in [4.69, 9.17) is 0 Å². The molecular weight excluding hydrogens is 402 g/mol. The van der Waals surface area contributed by atoms with E-state index in [1.807, 2.05) is 6.92 Å². The Morgan fingerprint density at radius 2 is 1.54 bits per heavy atom. The minimum Gasteiger partial charge on any atom is -0.340 e. The number of piperidine rings is 1. The van der Waals surface area contributed by atoms with E-state index in [1.54, 1.807) is 29.2 Å². The lowest BCUT2D eigenvalue weighted by atomic mass is 9.98. The van der Waals surface area contributed by atoms with Crippen LogP contribution in [0.5, 0.6) is 0 Å². The Balaban J connectivity index is 1.62. The van der Waals surface area contributed by atoms with Crippen LogP contribution in [0.15, 0.2) is 29.2 Å². The number of benzene rings is 1. The predicted molar refractivity (Wildman–Crippen MR) is 106 cm³/mol. The third kappa shape index (κ3) is 4.56. The minimum absolute atomic E-state index is 0.0827. The molecule has 0 aliphatic carbocycles. The molecule has 28 heavy (non-hydrogen) atoms. The molecule has 1 atom stereocenters. The highest BCUT2D eigenvalue weighted by molar-refractivity contribution is 7.89. The molecule has 2 aliphatic heterocycles. The third-order valence-electron chi connectivity index (χ3n) is 5.41. The third-order valence-corrected chi connectivity index (χ3v) is 8.59. The quantitative estimate of drug-likeness (QED) is 0.695. The second-order valence-electron chi connectivity index (χ2n) is 7.50. The lowest BCUT2D eigenvalue weighted by Crippen LogP contribution is -2.53. The van der Waals surface area contributed by atoms with Gasteiger partial charge in [-0.1, -0.05) is 17.7 Å². The van der Waals surface area contributed by atoms with E-state index in [1.165, 1.54) is 8.61 Å². The van der Waals surface area contributed by atoms with E-state index in [0.717, 1.165) is 11.8 Å². The first-order chi connectivity index (χ1) is 13.1. The molecule has 1 unspecified atom stereocenters. The Bertz CT molecular complexity index is 920. The maximum absolute atomic E-state index is 12.8. The van der Waals surface area contributed by atoms with Crippen LogP contribution in [0.3, 0.4) is 0 Å². The van der Waals surface area contributed by atoms with Crippen molar-refractivity contribution in [3.63, 3.8) is 0 Å². The summed E-state index contributed by atoms with van der Waals surface area (Å²) in [6, 6.07) is 6.74. The molecule has 8 nitrogen and oxygen atoms in total. The van der Waals surface area contributed by atoms with Crippen LogP contribution in [0, 0.1) is 12.8 Å². The zero-order valence-corrected chi connectivity index (χ0v) is 17.9. The lowest BCUT2D eigenvalue weighted by Gasteiger charge is -2.38. The van der Waals surface area contributed by atoms with Gasteiger partial charge >= 0.3 is 0 Å². The summed E-state index contributed by atoms with van der Waals surface area (Å²) in [6.07, 6.45) is 2.48. The maximum atomic E-state index is 12.8. The summed E-state index contributed by atoms with van der Waals surface area (Å²) in [4.78, 5) is 14.7. The summed E-state index contributed by atoms with van der Waals surface area (Å²) >= 11 is 0. The molecular formula is C18H27N3O5S2. The van der Waals surface area contributed by atoms with Crippen molar-refractivity contribution in [1.29, 1.82) is 0 Å². The smallest absolute Gasteiger partial charge is 0.243 e. The summed E-state index contributed by atoms with van der Waals surface area (Å²) in [5.41, 5.74) is 0.991. The van der Waals surface area contributed by atoms with E-state index < -0.39 is 20.0 Å². The Hall–Kier alpha value is -1.49. The van der Waals surface area contributed by atoms with Gasteiger partial charge in [0.15, 0.2) is 0 Å². The normalized spacial score (nSPS) is 22.9. The standard InChI is InChI=1S/C18H27N3O5S2/c1-15-5-7-17(8-6-15)28(25,26)20-12-10-19(11-13-20)18(22)16-4-3-9-21(14-16)27(2,23)24/h5-8,16H,3-4,9-14H2,1-2H3. The van der Waals surface area contributed by atoms with Gasteiger partial charge in [-0.25, -0.2) is 21.1 Å². The Morgan fingerprint density at radius 1 is 0.929 bits per heavy atom. The molecule has 2 saturated heterocycles. The van der Waals surface area contributed by atoms with Crippen molar-refractivity contribution in [3.05, 3.63) is 29.8 Å². The van der Waals surface area contributed by atoms with Gasteiger partial charge in [0.25, 0.3) is 0 Å². The molecule has 10 heteroatoms. The van der Waals surface area contributed by atoms with Gasteiger partial charge < -0.3 is 4.90 Å². The van der Waals surface area contributed by atoms with Crippen LogP contribution in [-0.2, 0) is 24.8 Å². The summed E-state index contributed by atoms with van der Waals surface area (Å²) < 4.78 is 51.9. The van der Waals surface area contributed by atoms with Crippen LogP contribution in [-0.4, -0.2) is 81.8 Å². The highest BCUT2D eigenvalue weighted by atomic mass is 32.2. The molecule has 1 aromatic rings. The van der Waals surface area contributed by atoms with Crippen LogP contribution >= 0.6 is 0 Å². The highest BCUT2D eigenvalue weighted by Gasteiger charge is 2.35. The van der Waals surface area contributed by atoms with Crippen LogP contribution in [0.25, 0.3) is 0 Å². The minimum atomic E-state index is -3.57. The predicted octanol–water partition coefficient (Wildman–Crippen LogP) is 0.500. The number of amides is 1. The number of nitrogens with zero attached hydrogens (tertiary/aromatic N) is 3. The van der Waals surface area contributed by atoms with Crippen LogP contribution in [0.4, 0.5) is 0 Å². The number of sulfonamides is 2. The number of aryl methyl sites for hydroxylation is 1. The molecule has 156 valence electrons. The van der Waals surface area contributed by atoms with Crippen molar-refractivity contribution in [1.82, 2.24) is 13.5 Å². The number of hydrogen-bond acceptors (Lipinski definition) is 5. The molecule has 0 aromatic heterocycles. The number of hydrogen-bond donors (Lipinski definition) is 0. The molecule has 1 amide bonds. The Morgan fingerprint density at radius 3 is 2.11 bits per heavy atom. The summed E-state index contributed by atoms with van der Waals surface area (Å²) in [7, 11) is -6.88. The van der Waals surface area contributed by atoms with Gasteiger partial charge in [0.05, 0.1) is 17.1 Å². The summed E-state index contributed by atoms with van der Waals surface area (Å²) in [6.45, 7) is 3.68.